The predicted octanol–water partition coefficient (Wildman–Crippen LogP) is 0.324. The van der Waals surface area contributed by atoms with E-state index >= 15 is 0 Å². The van der Waals surface area contributed by atoms with Crippen LogP contribution in [0, 0.1) is 0 Å². The van der Waals surface area contributed by atoms with Crippen molar-refractivity contribution in [3.63, 3.8) is 0 Å². The average molecular weight is 148 g/mol. The zero-order valence-electron chi connectivity index (χ0n) is 6.97. The van der Waals surface area contributed by atoms with E-state index in [4.69, 9.17) is 11.8 Å². The number of hydrogen-bond acceptors (Lipinski definition) is 4. The summed E-state index contributed by atoms with van der Waals surface area (Å²) in [6.07, 6.45) is 0. The minimum absolute atomic E-state index is 0.582. The maximum absolute atomic E-state index is 5.03. The molecule has 0 saturated heterocycles. The molecule has 0 fully saturated rings. The molecule has 0 amide bonds. The maximum Gasteiger partial charge on any atom is 0.114 e. The summed E-state index contributed by atoms with van der Waals surface area (Å²) >= 11 is 0. The first-order valence-corrected chi connectivity index (χ1v) is 3.13. The van der Waals surface area contributed by atoms with E-state index in [-0.39, 0.29) is 0 Å². The summed E-state index contributed by atoms with van der Waals surface area (Å²) in [4.78, 5) is 9.38. The molecule has 0 saturated carbocycles. The van der Waals surface area contributed by atoms with Crippen molar-refractivity contribution < 1.29 is 9.68 Å². The van der Waals surface area contributed by atoms with E-state index in [9.17, 15) is 0 Å². The summed E-state index contributed by atoms with van der Waals surface area (Å²) in [5, 5.41) is 0. The Morgan fingerprint density at radius 3 is 1.10 bits per heavy atom. The molecule has 0 bridgehead atoms. The highest BCUT2D eigenvalue weighted by Crippen LogP contribution is 2.25. The molecule has 0 spiro atoms. The molecular formula is C6H16N2O2. The second-order valence-corrected chi connectivity index (χ2v) is 3.26. The smallest absolute Gasteiger partial charge is 0.114 e. The minimum atomic E-state index is -0.582. The molecule has 0 rings (SSSR count). The van der Waals surface area contributed by atoms with Gasteiger partial charge in [-0.3, -0.25) is 9.68 Å². The van der Waals surface area contributed by atoms with Crippen LogP contribution >= 0.6 is 0 Å². The molecule has 10 heavy (non-hydrogen) atoms. The van der Waals surface area contributed by atoms with E-state index in [0.29, 0.717) is 0 Å². The molecule has 0 aliphatic heterocycles. The van der Waals surface area contributed by atoms with E-state index in [1.165, 1.54) is 0 Å². The van der Waals surface area contributed by atoms with Gasteiger partial charge in [-0.05, 0) is 27.7 Å². The highest BCUT2D eigenvalue weighted by molar-refractivity contribution is 4.87. The first kappa shape index (κ1) is 9.84. The van der Waals surface area contributed by atoms with Crippen LogP contribution in [0.15, 0.2) is 0 Å². The zero-order valence-corrected chi connectivity index (χ0v) is 6.97. The van der Waals surface area contributed by atoms with Gasteiger partial charge in [0.15, 0.2) is 0 Å². The second kappa shape index (κ2) is 2.84. The first-order chi connectivity index (χ1) is 4.37. The van der Waals surface area contributed by atoms with Crippen LogP contribution in [0.4, 0.5) is 0 Å². The van der Waals surface area contributed by atoms with Gasteiger partial charge in [-0.2, -0.15) is 0 Å². The van der Waals surface area contributed by atoms with Gasteiger partial charge in [0, 0.05) is 0 Å². The van der Waals surface area contributed by atoms with Crippen molar-refractivity contribution in [2.24, 2.45) is 11.8 Å². The molecule has 0 aliphatic rings. The third-order valence-electron chi connectivity index (χ3n) is 2.04. The topological polar surface area (TPSA) is 70.5 Å². The van der Waals surface area contributed by atoms with Crippen molar-refractivity contribution in [1.82, 2.24) is 0 Å². The Balaban J connectivity index is 4.28. The van der Waals surface area contributed by atoms with Crippen molar-refractivity contribution >= 4 is 0 Å². The SMILES string of the molecule is CC(C)(ON)C(C)(C)ON. The Morgan fingerprint density at radius 2 is 1.00 bits per heavy atom. The molecule has 0 unspecified atom stereocenters. The Morgan fingerprint density at radius 1 is 0.800 bits per heavy atom. The van der Waals surface area contributed by atoms with Crippen LogP contribution in [0.3, 0.4) is 0 Å². The molecule has 0 radical (unpaired) electrons. The van der Waals surface area contributed by atoms with Crippen molar-refractivity contribution in [1.29, 1.82) is 0 Å². The van der Waals surface area contributed by atoms with E-state index in [1.54, 1.807) is 27.7 Å². The summed E-state index contributed by atoms with van der Waals surface area (Å²) in [6, 6.07) is 0. The van der Waals surface area contributed by atoms with Gasteiger partial charge in [0.05, 0.1) is 0 Å². The molecule has 0 aromatic carbocycles. The Bertz CT molecular complexity index is 98.3. The van der Waals surface area contributed by atoms with Crippen molar-refractivity contribution in [3.8, 4) is 0 Å². The zero-order chi connectivity index (χ0) is 8.41. The van der Waals surface area contributed by atoms with Gasteiger partial charge in [-0.1, -0.05) is 0 Å². The fourth-order valence-electron chi connectivity index (χ4n) is 0.284. The molecule has 4 N–H and O–H groups in total. The third kappa shape index (κ3) is 1.67. The van der Waals surface area contributed by atoms with Crippen LogP contribution in [0.2, 0.25) is 0 Å². The molecular weight excluding hydrogens is 132 g/mol. The third-order valence-corrected chi connectivity index (χ3v) is 2.04. The molecule has 0 atom stereocenters. The van der Waals surface area contributed by atoms with Gasteiger partial charge >= 0.3 is 0 Å². The fraction of sp³-hybridized carbons (Fsp3) is 1.00. The lowest BCUT2D eigenvalue weighted by Crippen LogP contribution is -2.52. The monoisotopic (exact) mass is 148 g/mol. The van der Waals surface area contributed by atoms with E-state index in [2.05, 4.69) is 9.68 Å². The Kier molecular flexibility index (Phi) is 2.79. The predicted molar refractivity (Wildman–Crippen MR) is 38.7 cm³/mol. The van der Waals surface area contributed by atoms with Crippen molar-refractivity contribution in [3.05, 3.63) is 0 Å². The minimum Gasteiger partial charge on any atom is -0.296 e. The van der Waals surface area contributed by atoms with Gasteiger partial charge in [0.25, 0.3) is 0 Å². The highest BCUT2D eigenvalue weighted by atomic mass is 16.7. The van der Waals surface area contributed by atoms with Crippen molar-refractivity contribution in [2.75, 3.05) is 0 Å². The van der Waals surface area contributed by atoms with Gasteiger partial charge in [-0.25, -0.2) is 11.8 Å². The van der Waals surface area contributed by atoms with Crippen molar-refractivity contribution in [2.45, 2.75) is 38.9 Å². The van der Waals surface area contributed by atoms with Crippen LogP contribution in [0.25, 0.3) is 0 Å². The normalized spacial score (nSPS) is 13.8. The van der Waals surface area contributed by atoms with Crippen LogP contribution in [-0.2, 0) is 9.68 Å². The number of hydrogen-bond donors (Lipinski definition) is 2. The summed E-state index contributed by atoms with van der Waals surface area (Å²) in [6.45, 7) is 7.22. The summed E-state index contributed by atoms with van der Waals surface area (Å²) in [5.41, 5.74) is -1.16. The lowest BCUT2D eigenvalue weighted by atomic mass is 9.90. The van der Waals surface area contributed by atoms with E-state index in [0.717, 1.165) is 0 Å². The van der Waals surface area contributed by atoms with E-state index < -0.39 is 11.2 Å². The average Bonchev–Trinajstić information content (AvgIpc) is 1.88. The summed E-state index contributed by atoms with van der Waals surface area (Å²) < 4.78 is 0. The van der Waals surface area contributed by atoms with Gasteiger partial charge in [0.2, 0.25) is 0 Å². The number of rotatable bonds is 3. The second-order valence-electron chi connectivity index (χ2n) is 3.26. The Labute approximate surface area is 61.4 Å². The molecule has 4 heteroatoms. The van der Waals surface area contributed by atoms with Crippen LogP contribution in [0.5, 0.6) is 0 Å². The van der Waals surface area contributed by atoms with Gasteiger partial charge < -0.3 is 0 Å². The lowest BCUT2D eigenvalue weighted by Gasteiger charge is -2.36. The molecule has 0 heterocycles. The summed E-state index contributed by atoms with van der Waals surface area (Å²) in [7, 11) is 0. The van der Waals surface area contributed by atoms with Gasteiger partial charge in [-0.15, -0.1) is 0 Å². The standard InChI is InChI=1S/C6H16N2O2/c1-5(2,9-7)6(3,4)10-8/h7-8H2,1-4H3. The highest BCUT2D eigenvalue weighted by Gasteiger charge is 2.38. The maximum atomic E-state index is 5.03. The molecule has 0 aliphatic carbocycles. The summed E-state index contributed by atoms with van der Waals surface area (Å²) in [5.74, 6) is 10.1. The largest absolute Gasteiger partial charge is 0.296 e. The fourth-order valence-corrected chi connectivity index (χ4v) is 0.284. The molecule has 0 aromatic heterocycles. The number of nitrogens with two attached hydrogens (primary N) is 2. The lowest BCUT2D eigenvalue weighted by molar-refractivity contribution is -0.180. The Hall–Kier alpha value is -0.160. The molecule has 62 valence electrons. The van der Waals surface area contributed by atoms with E-state index in [1.807, 2.05) is 0 Å². The molecule has 4 nitrogen and oxygen atoms in total. The van der Waals surface area contributed by atoms with Gasteiger partial charge in [0.1, 0.15) is 11.2 Å². The first-order valence-electron chi connectivity index (χ1n) is 3.13. The van der Waals surface area contributed by atoms with Crippen LogP contribution in [-0.4, -0.2) is 11.2 Å². The quantitative estimate of drug-likeness (QED) is 0.565. The van der Waals surface area contributed by atoms with Crippen LogP contribution < -0.4 is 11.8 Å². The van der Waals surface area contributed by atoms with Crippen LogP contribution in [0.1, 0.15) is 27.7 Å². The molecule has 0 aromatic rings.